The van der Waals surface area contributed by atoms with Crippen LogP contribution in [0.2, 0.25) is 0 Å². The number of hydrogen-bond acceptors (Lipinski definition) is 3. The van der Waals surface area contributed by atoms with Gasteiger partial charge in [-0.15, -0.1) is 0 Å². The lowest BCUT2D eigenvalue weighted by molar-refractivity contribution is 0.172. The number of rotatable bonds is 6. The molecule has 3 heteroatoms. The molecule has 0 saturated heterocycles. The highest BCUT2D eigenvalue weighted by atomic mass is 16.5. The van der Waals surface area contributed by atoms with Crippen LogP contribution in [-0.2, 0) is 11.2 Å². The number of nitrogens with zero attached hydrogens (tertiary/aromatic N) is 1. The highest BCUT2D eigenvalue weighted by molar-refractivity contribution is 5.03. The quantitative estimate of drug-likeness (QED) is 0.740. The minimum absolute atomic E-state index is 0.406. The van der Waals surface area contributed by atoms with E-state index >= 15 is 0 Å². The topological polar surface area (TPSA) is 34.1 Å². The molecule has 0 unspecified atom stereocenters. The van der Waals surface area contributed by atoms with Gasteiger partial charge in [0.15, 0.2) is 0 Å². The van der Waals surface area contributed by atoms with Crippen molar-refractivity contribution in [2.24, 2.45) is 0 Å². The molecule has 1 heterocycles. The van der Waals surface area contributed by atoms with Crippen molar-refractivity contribution in [2.75, 3.05) is 20.3 Å². The van der Waals surface area contributed by atoms with E-state index in [1.807, 2.05) is 24.4 Å². The maximum Gasteiger partial charge on any atom is 0.0613 e. The van der Waals surface area contributed by atoms with Gasteiger partial charge >= 0.3 is 0 Å². The molecule has 1 atom stereocenters. The monoisotopic (exact) mass is 194 g/mol. The molecule has 0 aliphatic rings. The Labute approximate surface area is 85.5 Å². The Morgan fingerprint density at radius 3 is 3.00 bits per heavy atom. The zero-order chi connectivity index (χ0) is 10.2. The molecule has 0 spiro atoms. The van der Waals surface area contributed by atoms with Crippen LogP contribution in [0.1, 0.15) is 12.6 Å². The molecule has 0 bridgehead atoms. The summed E-state index contributed by atoms with van der Waals surface area (Å²) in [6, 6.07) is 6.40. The summed E-state index contributed by atoms with van der Waals surface area (Å²) in [6.45, 7) is 3.81. The molecular weight excluding hydrogens is 176 g/mol. The van der Waals surface area contributed by atoms with Crippen LogP contribution in [0, 0.1) is 0 Å². The van der Waals surface area contributed by atoms with Gasteiger partial charge in [0.1, 0.15) is 0 Å². The summed E-state index contributed by atoms with van der Waals surface area (Å²) in [5, 5.41) is 3.37. The molecule has 3 nitrogen and oxygen atoms in total. The van der Waals surface area contributed by atoms with Crippen LogP contribution >= 0.6 is 0 Å². The van der Waals surface area contributed by atoms with E-state index in [-0.39, 0.29) is 0 Å². The fraction of sp³-hybridized carbons (Fsp3) is 0.545. The first-order valence-electron chi connectivity index (χ1n) is 4.95. The predicted molar refractivity (Wildman–Crippen MR) is 57.3 cm³/mol. The maximum atomic E-state index is 5.03. The molecular formula is C11H18N2O. The summed E-state index contributed by atoms with van der Waals surface area (Å²) in [7, 11) is 1.72. The number of hydrogen-bond donors (Lipinski definition) is 1. The molecule has 0 amide bonds. The van der Waals surface area contributed by atoms with Crippen molar-refractivity contribution in [1.82, 2.24) is 10.3 Å². The van der Waals surface area contributed by atoms with E-state index in [0.717, 1.165) is 25.3 Å². The first-order valence-corrected chi connectivity index (χ1v) is 4.95. The number of methoxy groups -OCH3 is 1. The van der Waals surface area contributed by atoms with Gasteiger partial charge in [-0.05, 0) is 19.1 Å². The normalized spacial score (nSPS) is 12.7. The van der Waals surface area contributed by atoms with Crippen molar-refractivity contribution >= 4 is 0 Å². The first-order chi connectivity index (χ1) is 6.83. The standard InChI is InChI=1S/C11H18N2O/c1-10(9-14-2)12-8-6-11-5-3-4-7-13-11/h3-5,7,10,12H,6,8-9H2,1-2H3/t10-/m1/s1. The van der Waals surface area contributed by atoms with Crippen molar-refractivity contribution in [3.63, 3.8) is 0 Å². The lowest BCUT2D eigenvalue weighted by atomic mass is 10.2. The molecule has 1 N–H and O–H groups in total. The van der Waals surface area contributed by atoms with Gasteiger partial charge in [0.2, 0.25) is 0 Å². The van der Waals surface area contributed by atoms with E-state index in [9.17, 15) is 0 Å². The molecule has 1 aromatic rings. The summed E-state index contributed by atoms with van der Waals surface area (Å²) in [5.41, 5.74) is 1.13. The van der Waals surface area contributed by atoms with E-state index in [0.29, 0.717) is 6.04 Å². The summed E-state index contributed by atoms with van der Waals surface area (Å²) in [6.07, 6.45) is 2.79. The summed E-state index contributed by atoms with van der Waals surface area (Å²) < 4.78 is 5.03. The van der Waals surface area contributed by atoms with Crippen LogP contribution in [0.3, 0.4) is 0 Å². The Balaban J connectivity index is 2.16. The highest BCUT2D eigenvalue weighted by Gasteiger charge is 1.99. The summed E-state index contributed by atoms with van der Waals surface area (Å²) in [5.74, 6) is 0. The zero-order valence-corrected chi connectivity index (χ0v) is 8.86. The third-order valence-electron chi connectivity index (χ3n) is 2.02. The second kappa shape index (κ2) is 6.51. The third-order valence-corrected chi connectivity index (χ3v) is 2.02. The van der Waals surface area contributed by atoms with Crippen LogP contribution in [0.5, 0.6) is 0 Å². The Hall–Kier alpha value is -0.930. The lowest BCUT2D eigenvalue weighted by Gasteiger charge is -2.11. The first kappa shape index (κ1) is 11.1. The largest absolute Gasteiger partial charge is 0.383 e. The lowest BCUT2D eigenvalue weighted by Crippen LogP contribution is -2.31. The van der Waals surface area contributed by atoms with Crippen molar-refractivity contribution in [3.8, 4) is 0 Å². The smallest absolute Gasteiger partial charge is 0.0613 e. The van der Waals surface area contributed by atoms with Gasteiger partial charge < -0.3 is 10.1 Å². The molecule has 0 aliphatic carbocycles. The Kier molecular flexibility index (Phi) is 5.19. The molecule has 1 rings (SSSR count). The van der Waals surface area contributed by atoms with Gasteiger partial charge in [0.05, 0.1) is 6.61 Å². The van der Waals surface area contributed by atoms with E-state index in [2.05, 4.69) is 17.2 Å². The number of aromatic nitrogens is 1. The maximum absolute atomic E-state index is 5.03. The van der Waals surface area contributed by atoms with E-state index in [4.69, 9.17) is 4.74 Å². The summed E-state index contributed by atoms with van der Waals surface area (Å²) in [4.78, 5) is 4.25. The molecule has 1 aromatic heterocycles. The van der Waals surface area contributed by atoms with Gasteiger partial charge in [-0.2, -0.15) is 0 Å². The van der Waals surface area contributed by atoms with Crippen molar-refractivity contribution in [2.45, 2.75) is 19.4 Å². The number of pyridine rings is 1. The SMILES string of the molecule is COC[C@@H](C)NCCc1ccccn1. The minimum Gasteiger partial charge on any atom is -0.383 e. The molecule has 0 saturated carbocycles. The average Bonchev–Trinajstić information content (AvgIpc) is 2.20. The highest BCUT2D eigenvalue weighted by Crippen LogP contribution is 1.93. The molecule has 0 aromatic carbocycles. The molecule has 14 heavy (non-hydrogen) atoms. The minimum atomic E-state index is 0.406. The predicted octanol–water partition coefficient (Wildman–Crippen LogP) is 1.25. The van der Waals surface area contributed by atoms with Crippen LogP contribution in [0.4, 0.5) is 0 Å². The van der Waals surface area contributed by atoms with Gasteiger partial charge in [0, 0.05) is 38.0 Å². The van der Waals surface area contributed by atoms with E-state index in [1.165, 1.54) is 0 Å². The summed E-state index contributed by atoms with van der Waals surface area (Å²) >= 11 is 0. The van der Waals surface area contributed by atoms with E-state index < -0.39 is 0 Å². The van der Waals surface area contributed by atoms with Gasteiger partial charge in [-0.1, -0.05) is 6.07 Å². The molecule has 78 valence electrons. The molecule has 0 radical (unpaired) electrons. The van der Waals surface area contributed by atoms with Crippen LogP contribution in [0.25, 0.3) is 0 Å². The van der Waals surface area contributed by atoms with Gasteiger partial charge in [0.25, 0.3) is 0 Å². The second-order valence-electron chi connectivity index (χ2n) is 3.38. The molecule has 0 aliphatic heterocycles. The second-order valence-corrected chi connectivity index (χ2v) is 3.38. The fourth-order valence-corrected chi connectivity index (χ4v) is 1.30. The third kappa shape index (κ3) is 4.35. The average molecular weight is 194 g/mol. The van der Waals surface area contributed by atoms with Crippen molar-refractivity contribution in [1.29, 1.82) is 0 Å². The van der Waals surface area contributed by atoms with E-state index in [1.54, 1.807) is 7.11 Å². The van der Waals surface area contributed by atoms with Crippen LogP contribution in [0.15, 0.2) is 24.4 Å². The van der Waals surface area contributed by atoms with Gasteiger partial charge in [-0.3, -0.25) is 4.98 Å². The fourth-order valence-electron chi connectivity index (χ4n) is 1.30. The van der Waals surface area contributed by atoms with Crippen LogP contribution < -0.4 is 5.32 Å². The van der Waals surface area contributed by atoms with Crippen molar-refractivity contribution in [3.05, 3.63) is 30.1 Å². The Morgan fingerprint density at radius 2 is 2.36 bits per heavy atom. The van der Waals surface area contributed by atoms with Crippen LogP contribution in [-0.4, -0.2) is 31.3 Å². The Bertz CT molecular complexity index is 238. The Morgan fingerprint density at radius 1 is 1.50 bits per heavy atom. The molecule has 0 fully saturated rings. The zero-order valence-electron chi connectivity index (χ0n) is 8.86. The number of nitrogens with one attached hydrogen (secondary N) is 1. The van der Waals surface area contributed by atoms with Gasteiger partial charge in [-0.25, -0.2) is 0 Å². The van der Waals surface area contributed by atoms with Crippen molar-refractivity contribution < 1.29 is 4.74 Å². The number of ether oxygens (including phenoxy) is 1.